The van der Waals surface area contributed by atoms with E-state index in [1.54, 1.807) is 33.0 Å². The molecule has 0 aliphatic rings. The molecule has 1 N–H and O–H groups in total. The predicted molar refractivity (Wildman–Crippen MR) is 67.5 cm³/mol. The average Bonchev–Trinajstić information content (AvgIpc) is 2.96. The molecule has 2 rings (SSSR count). The fourth-order valence-corrected chi connectivity index (χ4v) is 1.76. The lowest BCUT2D eigenvalue weighted by Crippen LogP contribution is -2.39. The Morgan fingerprint density at radius 3 is 2.79 bits per heavy atom. The Balaban J connectivity index is 2.12. The zero-order valence-corrected chi connectivity index (χ0v) is 11.1. The second-order valence-corrected chi connectivity index (χ2v) is 5.03. The molecular weight excluding hydrogens is 248 g/mol. The lowest BCUT2D eigenvalue weighted by atomic mass is 10.1. The fourth-order valence-electron chi connectivity index (χ4n) is 1.76. The minimum Gasteiger partial charge on any atom is -0.461 e. The van der Waals surface area contributed by atoms with Crippen molar-refractivity contribution in [2.24, 2.45) is 0 Å². The summed E-state index contributed by atoms with van der Waals surface area (Å²) >= 11 is 0. The van der Waals surface area contributed by atoms with E-state index in [9.17, 15) is 9.90 Å². The largest absolute Gasteiger partial charge is 0.461 e. The van der Waals surface area contributed by atoms with Crippen molar-refractivity contribution >= 4 is 5.91 Å². The van der Waals surface area contributed by atoms with Crippen LogP contribution in [0, 0.1) is 0 Å². The van der Waals surface area contributed by atoms with Gasteiger partial charge < -0.3 is 18.9 Å². The standard InChI is InChI=1S/C13H16N2O4/c1-13(2,17)8-15(3)12(16)9-7-11(19-14-9)10-5-4-6-18-10/h4-7,17H,8H2,1-3H3. The summed E-state index contributed by atoms with van der Waals surface area (Å²) in [6.45, 7) is 3.47. The lowest BCUT2D eigenvalue weighted by Gasteiger charge is -2.24. The molecule has 0 atom stereocenters. The molecule has 0 saturated carbocycles. The number of amides is 1. The van der Waals surface area contributed by atoms with E-state index in [2.05, 4.69) is 5.16 Å². The Kier molecular flexibility index (Phi) is 3.44. The third-order valence-corrected chi connectivity index (χ3v) is 2.46. The molecule has 2 aromatic rings. The van der Waals surface area contributed by atoms with Crippen molar-refractivity contribution in [3.63, 3.8) is 0 Å². The van der Waals surface area contributed by atoms with Crippen molar-refractivity contribution in [1.29, 1.82) is 0 Å². The highest BCUT2D eigenvalue weighted by Crippen LogP contribution is 2.21. The minimum absolute atomic E-state index is 0.179. The van der Waals surface area contributed by atoms with Crippen molar-refractivity contribution in [2.45, 2.75) is 19.4 Å². The van der Waals surface area contributed by atoms with Crippen molar-refractivity contribution in [2.75, 3.05) is 13.6 Å². The highest BCUT2D eigenvalue weighted by Gasteiger charge is 2.23. The van der Waals surface area contributed by atoms with Crippen LogP contribution in [-0.2, 0) is 0 Å². The molecule has 0 fully saturated rings. The van der Waals surface area contributed by atoms with Gasteiger partial charge in [0.1, 0.15) is 0 Å². The predicted octanol–water partition coefficient (Wildman–Crippen LogP) is 1.78. The van der Waals surface area contributed by atoms with Gasteiger partial charge in [0.15, 0.2) is 11.5 Å². The number of likely N-dealkylation sites (N-methyl/N-ethyl adjacent to an activating group) is 1. The van der Waals surface area contributed by atoms with Crippen molar-refractivity contribution in [1.82, 2.24) is 10.1 Å². The number of aromatic nitrogens is 1. The zero-order valence-electron chi connectivity index (χ0n) is 11.1. The van der Waals surface area contributed by atoms with Gasteiger partial charge in [0.25, 0.3) is 5.91 Å². The molecule has 0 spiro atoms. The van der Waals surface area contributed by atoms with Gasteiger partial charge >= 0.3 is 0 Å². The Bertz CT molecular complexity index is 551. The summed E-state index contributed by atoms with van der Waals surface area (Å²) in [5, 5.41) is 13.4. The van der Waals surface area contributed by atoms with Gasteiger partial charge in [0.2, 0.25) is 5.76 Å². The molecule has 19 heavy (non-hydrogen) atoms. The Hall–Kier alpha value is -2.08. The van der Waals surface area contributed by atoms with Crippen molar-refractivity contribution < 1.29 is 18.8 Å². The molecule has 0 bridgehead atoms. The van der Waals surface area contributed by atoms with Gasteiger partial charge in [-0.3, -0.25) is 4.79 Å². The van der Waals surface area contributed by atoms with Crippen LogP contribution in [0.3, 0.4) is 0 Å². The van der Waals surface area contributed by atoms with Gasteiger partial charge in [-0.1, -0.05) is 5.16 Å². The first-order valence-corrected chi connectivity index (χ1v) is 5.85. The van der Waals surface area contributed by atoms with E-state index in [1.165, 1.54) is 17.2 Å². The molecule has 102 valence electrons. The molecule has 2 aromatic heterocycles. The smallest absolute Gasteiger partial charge is 0.275 e. The normalized spacial score (nSPS) is 11.6. The van der Waals surface area contributed by atoms with Gasteiger partial charge in [-0.25, -0.2) is 0 Å². The summed E-state index contributed by atoms with van der Waals surface area (Å²) in [6.07, 6.45) is 1.51. The van der Waals surface area contributed by atoms with Gasteiger partial charge in [0, 0.05) is 19.7 Å². The van der Waals surface area contributed by atoms with Crippen LogP contribution < -0.4 is 0 Å². The monoisotopic (exact) mass is 264 g/mol. The number of carbonyl (C=O) groups is 1. The van der Waals surface area contributed by atoms with Crippen LogP contribution in [0.25, 0.3) is 11.5 Å². The van der Waals surface area contributed by atoms with Crippen LogP contribution in [0.15, 0.2) is 33.4 Å². The maximum atomic E-state index is 12.1. The first-order chi connectivity index (χ1) is 8.87. The molecule has 0 aromatic carbocycles. The molecule has 1 amide bonds. The summed E-state index contributed by atoms with van der Waals surface area (Å²) in [4.78, 5) is 13.5. The fraction of sp³-hybridized carbons (Fsp3) is 0.385. The molecule has 0 aliphatic carbocycles. The number of rotatable bonds is 4. The third-order valence-electron chi connectivity index (χ3n) is 2.46. The van der Waals surface area contributed by atoms with E-state index in [-0.39, 0.29) is 18.1 Å². The van der Waals surface area contributed by atoms with E-state index >= 15 is 0 Å². The second-order valence-electron chi connectivity index (χ2n) is 5.03. The minimum atomic E-state index is -0.960. The lowest BCUT2D eigenvalue weighted by molar-refractivity contribution is 0.0362. The first kappa shape index (κ1) is 13.4. The highest BCUT2D eigenvalue weighted by molar-refractivity contribution is 5.92. The third kappa shape index (κ3) is 3.23. The maximum absolute atomic E-state index is 12.1. The van der Waals surface area contributed by atoms with Crippen molar-refractivity contribution in [3.8, 4) is 11.5 Å². The van der Waals surface area contributed by atoms with Crippen LogP contribution in [0.2, 0.25) is 0 Å². The molecule has 0 radical (unpaired) electrons. The molecule has 0 unspecified atom stereocenters. The van der Waals surface area contributed by atoms with Gasteiger partial charge in [-0.05, 0) is 26.0 Å². The second kappa shape index (κ2) is 4.89. The average molecular weight is 264 g/mol. The summed E-state index contributed by atoms with van der Waals surface area (Å²) < 4.78 is 10.2. The number of nitrogens with zero attached hydrogens (tertiary/aromatic N) is 2. The molecular formula is C13H16N2O4. The SMILES string of the molecule is CN(CC(C)(C)O)C(=O)c1cc(-c2ccco2)on1. The van der Waals surface area contributed by atoms with E-state index in [4.69, 9.17) is 8.94 Å². The van der Waals surface area contributed by atoms with Crippen LogP contribution in [-0.4, -0.2) is 40.3 Å². The van der Waals surface area contributed by atoms with Crippen LogP contribution in [0.5, 0.6) is 0 Å². The summed E-state index contributed by atoms with van der Waals surface area (Å²) in [5.41, 5.74) is -0.781. The Morgan fingerprint density at radius 2 is 2.21 bits per heavy atom. The van der Waals surface area contributed by atoms with Crippen LogP contribution in [0.1, 0.15) is 24.3 Å². The number of aliphatic hydroxyl groups is 1. The summed E-state index contributed by atoms with van der Waals surface area (Å²) in [7, 11) is 1.60. The summed E-state index contributed by atoms with van der Waals surface area (Å²) in [5.74, 6) is 0.588. The van der Waals surface area contributed by atoms with Crippen molar-refractivity contribution in [3.05, 3.63) is 30.2 Å². The van der Waals surface area contributed by atoms with Gasteiger partial charge in [-0.2, -0.15) is 0 Å². The number of hydrogen-bond donors (Lipinski definition) is 1. The molecule has 0 saturated heterocycles. The van der Waals surface area contributed by atoms with E-state index in [0.29, 0.717) is 11.5 Å². The quantitative estimate of drug-likeness (QED) is 0.910. The Labute approximate surface area is 110 Å². The van der Waals surface area contributed by atoms with Gasteiger partial charge in [-0.15, -0.1) is 0 Å². The molecule has 2 heterocycles. The number of carbonyl (C=O) groups excluding carboxylic acids is 1. The molecule has 6 heteroatoms. The number of hydrogen-bond acceptors (Lipinski definition) is 5. The van der Waals surface area contributed by atoms with E-state index in [1.807, 2.05) is 0 Å². The molecule has 6 nitrogen and oxygen atoms in total. The highest BCUT2D eigenvalue weighted by atomic mass is 16.5. The summed E-state index contributed by atoms with van der Waals surface area (Å²) in [6, 6.07) is 4.96. The number of furan rings is 1. The topological polar surface area (TPSA) is 79.7 Å². The van der Waals surface area contributed by atoms with Crippen LogP contribution >= 0.6 is 0 Å². The Morgan fingerprint density at radius 1 is 1.47 bits per heavy atom. The first-order valence-electron chi connectivity index (χ1n) is 5.85. The maximum Gasteiger partial charge on any atom is 0.275 e. The molecule has 0 aliphatic heterocycles. The van der Waals surface area contributed by atoms with E-state index < -0.39 is 5.60 Å². The van der Waals surface area contributed by atoms with Crippen LogP contribution in [0.4, 0.5) is 0 Å². The van der Waals surface area contributed by atoms with Gasteiger partial charge in [0.05, 0.1) is 11.9 Å². The van der Waals surface area contributed by atoms with E-state index in [0.717, 1.165) is 0 Å². The zero-order chi connectivity index (χ0) is 14.0.